The van der Waals surface area contributed by atoms with E-state index in [0.29, 0.717) is 5.69 Å². The molecular formula is C16H20N4O3. The number of hydrogen-bond donors (Lipinski definition) is 3. The minimum Gasteiger partial charge on any atom is -0.629 e. The van der Waals surface area contributed by atoms with Crippen LogP contribution in [0.15, 0.2) is 48.5 Å². The molecule has 0 spiro atoms. The Bertz CT molecular complexity index is 627. The predicted molar refractivity (Wildman–Crippen MR) is 91.0 cm³/mol. The number of non-ortho nitro benzene ring substituents is 1. The van der Waals surface area contributed by atoms with E-state index in [4.69, 9.17) is 0 Å². The van der Waals surface area contributed by atoms with E-state index >= 15 is 0 Å². The lowest BCUT2D eigenvalue weighted by Gasteiger charge is -2.15. The second kappa shape index (κ2) is 8.11. The average Bonchev–Trinajstić information content (AvgIpc) is 2.55. The van der Waals surface area contributed by atoms with Crippen molar-refractivity contribution >= 4 is 22.7 Å². The lowest BCUT2D eigenvalue weighted by molar-refractivity contribution is -0.751. The Hall–Kier alpha value is -2.64. The van der Waals surface area contributed by atoms with Crippen molar-refractivity contribution < 1.29 is 9.99 Å². The number of anilines is 2. The topological polar surface area (TPSA) is 94.7 Å². The molecule has 0 bridgehead atoms. The first-order valence-electron chi connectivity index (χ1n) is 7.39. The van der Waals surface area contributed by atoms with Crippen LogP contribution in [0.4, 0.5) is 22.7 Å². The molecule has 0 saturated heterocycles. The molecule has 7 heteroatoms. The van der Waals surface area contributed by atoms with Crippen molar-refractivity contribution in [3.8, 4) is 0 Å². The van der Waals surface area contributed by atoms with Crippen molar-refractivity contribution in [1.29, 1.82) is 0 Å². The van der Waals surface area contributed by atoms with Crippen molar-refractivity contribution in [2.24, 2.45) is 0 Å². The van der Waals surface area contributed by atoms with Gasteiger partial charge in [-0.25, -0.2) is 0 Å². The number of rotatable bonds is 8. The summed E-state index contributed by atoms with van der Waals surface area (Å²) in [7, 11) is 1.55. The molecule has 0 aromatic heterocycles. The maximum absolute atomic E-state index is 11.2. The Kier molecular flexibility index (Phi) is 5.90. The quantitative estimate of drug-likeness (QED) is 0.394. The highest BCUT2D eigenvalue weighted by atomic mass is 16.6. The minimum absolute atomic E-state index is 0.0591. The summed E-state index contributed by atoms with van der Waals surface area (Å²) in [5.74, 6) is 0. The van der Waals surface area contributed by atoms with E-state index in [0.717, 1.165) is 30.9 Å². The number of nitro groups is 1. The molecular weight excluding hydrogens is 296 g/mol. The zero-order valence-corrected chi connectivity index (χ0v) is 12.9. The molecule has 23 heavy (non-hydrogen) atoms. The van der Waals surface area contributed by atoms with E-state index in [1.165, 1.54) is 12.1 Å². The van der Waals surface area contributed by atoms with Crippen molar-refractivity contribution in [2.75, 3.05) is 30.8 Å². The zero-order valence-electron chi connectivity index (χ0n) is 12.9. The monoisotopic (exact) mass is 316 g/mol. The predicted octanol–water partition coefficient (Wildman–Crippen LogP) is 2.15. The summed E-state index contributed by atoms with van der Waals surface area (Å²) in [5, 5.41) is 28.3. The molecule has 0 aliphatic rings. The third-order valence-corrected chi connectivity index (χ3v) is 3.38. The molecule has 0 saturated carbocycles. The Labute approximate surface area is 134 Å². The highest BCUT2D eigenvalue weighted by Crippen LogP contribution is 2.15. The van der Waals surface area contributed by atoms with Crippen molar-refractivity contribution in [1.82, 2.24) is 0 Å². The molecule has 0 amide bonds. The first kappa shape index (κ1) is 16.7. The van der Waals surface area contributed by atoms with Crippen LogP contribution >= 0.6 is 0 Å². The van der Waals surface area contributed by atoms with Gasteiger partial charge in [0.05, 0.1) is 12.0 Å². The standard InChI is InChI=1S/C16H20N4O3/c1-19(21)15-7-3-13(4-8-15)17-11-2-12-18-14-5-9-16(10-6-14)20(22)23/h3-10,17-19H,2,11-12H2,1H3. The van der Waals surface area contributed by atoms with Crippen LogP contribution in [0.25, 0.3) is 0 Å². The zero-order chi connectivity index (χ0) is 16.7. The number of hydroxylamine groups is 1. The molecule has 0 radical (unpaired) electrons. The van der Waals surface area contributed by atoms with Crippen molar-refractivity contribution in [2.45, 2.75) is 6.42 Å². The first-order valence-corrected chi connectivity index (χ1v) is 7.39. The Balaban J connectivity index is 1.68. The summed E-state index contributed by atoms with van der Waals surface area (Å²) < 4.78 is 0. The van der Waals surface area contributed by atoms with Gasteiger partial charge in [0.15, 0.2) is 0 Å². The fourth-order valence-corrected chi connectivity index (χ4v) is 2.08. The second-order valence-electron chi connectivity index (χ2n) is 5.14. The van der Waals surface area contributed by atoms with E-state index in [1.54, 1.807) is 31.3 Å². The van der Waals surface area contributed by atoms with Crippen LogP contribution in [-0.2, 0) is 0 Å². The summed E-state index contributed by atoms with van der Waals surface area (Å²) in [6.07, 6.45) is 0.894. The van der Waals surface area contributed by atoms with Gasteiger partial charge in [0.25, 0.3) is 5.69 Å². The smallest absolute Gasteiger partial charge is 0.269 e. The van der Waals surface area contributed by atoms with Gasteiger partial charge >= 0.3 is 0 Å². The van der Waals surface area contributed by atoms with Crippen LogP contribution in [0.3, 0.4) is 0 Å². The fourth-order valence-electron chi connectivity index (χ4n) is 2.08. The van der Waals surface area contributed by atoms with Gasteiger partial charge in [-0.2, -0.15) is 0 Å². The Morgan fingerprint density at radius 2 is 1.43 bits per heavy atom. The molecule has 1 atom stereocenters. The summed E-state index contributed by atoms with van der Waals surface area (Å²) in [6.45, 7) is 1.55. The van der Waals surface area contributed by atoms with Crippen molar-refractivity contribution in [3.63, 3.8) is 0 Å². The van der Waals surface area contributed by atoms with Gasteiger partial charge in [0, 0.05) is 48.7 Å². The molecule has 0 fully saturated rings. The molecule has 1 unspecified atom stereocenters. The number of nitrogens with one attached hydrogen (secondary N) is 3. The van der Waals surface area contributed by atoms with Gasteiger partial charge in [-0.1, -0.05) is 0 Å². The number of nitro benzene ring substituents is 1. The van der Waals surface area contributed by atoms with E-state index in [1.807, 2.05) is 12.1 Å². The average molecular weight is 316 g/mol. The fraction of sp³-hybridized carbons (Fsp3) is 0.250. The first-order chi connectivity index (χ1) is 11.1. The van der Waals surface area contributed by atoms with Crippen LogP contribution < -0.4 is 15.7 Å². The summed E-state index contributed by atoms with van der Waals surface area (Å²) in [6, 6.07) is 13.8. The van der Waals surface area contributed by atoms with E-state index in [2.05, 4.69) is 10.6 Å². The van der Waals surface area contributed by atoms with E-state index in [-0.39, 0.29) is 10.8 Å². The second-order valence-corrected chi connectivity index (χ2v) is 5.14. The maximum atomic E-state index is 11.2. The van der Waals surface area contributed by atoms with Crippen LogP contribution in [0.5, 0.6) is 0 Å². The molecule has 7 nitrogen and oxygen atoms in total. The van der Waals surface area contributed by atoms with Gasteiger partial charge in [0.2, 0.25) is 0 Å². The third kappa shape index (κ3) is 5.24. The number of quaternary nitrogens is 1. The van der Waals surface area contributed by atoms with Gasteiger partial charge in [-0.3, -0.25) is 10.1 Å². The summed E-state index contributed by atoms with van der Waals surface area (Å²) in [5.41, 5.74) is 2.63. The van der Waals surface area contributed by atoms with Crippen LogP contribution in [-0.4, -0.2) is 25.1 Å². The molecule has 0 aliphatic heterocycles. The largest absolute Gasteiger partial charge is 0.629 e. The molecule has 2 aromatic carbocycles. The Morgan fingerprint density at radius 1 is 0.957 bits per heavy atom. The molecule has 2 aromatic rings. The molecule has 122 valence electrons. The normalized spacial score (nSPS) is 11.7. The van der Waals surface area contributed by atoms with Gasteiger partial charge in [0.1, 0.15) is 5.69 Å². The van der Waals surface area contributed by atoms with Crippen molar-refractivity contribution in [3.05, 3.63) is 63.9 Å². The van der Waals surface area contributed by atoms with Crippen LogP contribution in [0.1, 0.15) is 6.42 Å². The molecule has 0 aliphatic carbocycles. The molecule has 2 rings (SSSR count). The van der Waals surface area contributed by atoms with Crippen LogP contribution in [0.2, 0.25) is 0 Å². The van der Waals surface area contributed by atoms with Gasteiger partial charge in [-0.05, 0) is 30.7 Å². The lowest BCUT2D eigenvalue weighted by Crippen LogP contribution is -2.98. The number of hydrogen-bond acceptors (Lipinski definition) is 5. The number of nitrogens with zero attached hydrogens (tertiary/aromatic N) is 1. The summed E-state index contributed by atoms with van der Waals surface area (Å²) in [4.78, 5) is 10.2. The highest BCUT2D eigenvalue weighted by Gasteiger charge is 2.03. The number of benzene rings is 2. The van der Waals surface area contributed by atoms with Crippen LogP contribution in [0, 0.1) is 15.3 Å². The third-order valence-electron chi connectivity index (χ3n) is 3.38. The van der Waals surface area contributed by atoms with Gasteiger partial charge in [-0.15, -0.1) is 0 Å². The maximum Gasteiger partial charge on any atom is 0.269 e. The van der Waals surface area contributed by atoms with E-state index in [9.17, 15) is 15.3 Å². The minimum atomic E-state index is -0.412. The lowest BCUT2D eigenvalue weighted by atomic mass is 10.2. The van der Waals surface area contributed by atoms with E-state index < -0.39 is 4.92 Å². The van der Waals surface area contributed by atoms with Gasteiger partial charge < -0.3 is 20.9 Å². The molecule has 3 N–H and O–H groups in total. The Morgan fingerprint density at radius 3 is 1.87 bits per heavy atom. The molecule has 0 heterocycles. The summed E-state index contributed by atoms with van der Waals surface area (Å²) >= 11 is 0. The highest BCUT2D eigenvalue weighted by molar-refractivity contribution is 5.49. The SMILES string of the molecule is C[NH+]([O-])c1ccc(NCCCNc2ccc([N+](=O)[O-])cc2)cc1.